The van der Waals surface area contributed by atoms with Crippen LogP contribution < -0.4 is 4.90 Å². The normalized spacial score (nSPS) is 18.5. The van der Waals surface area contributed by atoms with E-state index in [1.54, 1.807) is 0 Å². The molecule has 2 heterocycles. The minimum absolute atomic E-state index is 0.0594. The molecular formula is C52H35N3. The highest BCUT2D eigenvalue weighted by atomic mass is 15.2. The molecule has 0 saturated carbocycles. The minimum atomic E-state index is -0.810. The van der Waals surface area contributed by atoms with E-state index in [1.807, 2.05) is 0 Å². The number of nitrogens with zero attached hydrogens (tertiary/aromatic N) is 3. The molecule has 0 saturated heterocycles. The van der Waals surface area contributed by atoms with Gasteiger partial charge in [-0.2, -0.15) is 0 Å². The highest BCUT2D eigenvalue weighted by Crippen LogP contribution is 2.48. The predicted molar refractivity (Wildman–Crippen MR) is 233 cm³/mol. The molecule has 11 aromatic rings. The third kappa shape index (κ3) is 4.98. The lowest BCUT2D eigenvalue weighted by Crippen LogP contribution is -2.11. The van der Waals surface area contributed by atoms with E-state index < -0.39 is 185 Å². The van der Waals surface area contributed by atoms with Crippen molar-refractivity contribution in [1.29, 1.82) is 0 Å². The van der Waals surface area contributed by atoms with Crippen LogP contribution in [0.2, 0.25) is 0 Å². The summed E-state index contributed by atoms with van der Waals surface area (Å²) in [6.45, 7) is 0. The Morgan fingerprint density at radius 3 is 1.71 bits per heavy atom. The summed E-state index contributed by atoms with van der Waals surface area (Å²) in [7, 11) is 0. The Hall–Kier alpha value is -7.36. The van der Waals surface area contributed by atoms with Crippen LogP contribution in [0.1, 0.15) is 37.0 Å². The molecule has 11 rings (SSSR count). The second-order valence-electron chi connectivity index (χ2n) is 12.1. The second-order valence-corrected chi connectivity index (χ2v) is 12.1. The number of hydrogen-bond acceptors (Lipinski definition) is 1. The summed E-state index contributed by atoms with van der Waals surface area (Å²) in [6, 6.07) is -9.14. The predicted octanol–water partition coefficient (Wildman–Crippen LogP) is 14.2. The number of rotatable bonds is 6. The molecule has 2 aromatic heterocycles. The largest absolute Gasteiger partial charge is 0.309 e. The molecule has 0 N–H and O–H groups in total. The molecule has 3 heteroatoms. The number of aromatic nitrogens is 2. The fraction of sp³-hybridized carbons (Fsp3) is 0. The van der Waals surface area contributed by atoms with Crippen LogP contribution in [0.15, 0.2) is 212 Å². The Morgan fingerprint density at radius 1 is 0.364 bits per heavy atom. The average molecular weight is 729 g/mol. The highest BCUT2D eigenvalue weighted by molar-refractivity contribution is 6.24. The van der Waals surface area contributed by atoms with Gasteiger partial charge >= 0.3 is 0 Å². The molecule has 0 aliphatic rings. The quantitative estimate of drug-likeness (QED) is 0.166. The van der Waals surface area contributed by atoms with Gasteiger partial charge in [0.15, 0.2) is 0 Å². The Labute approximate surface area is 357 Å². The summed E-state index contributed by atoms with van der Waals surface area (Å²) in [5.74, 6) is 0. The van der Waals surface area contributed by atoms with Crippen molar-refractivity contribution in [3.8, 4) is 22.5 Å². The van der Waals surface area contributed by atoms with Crippen molar-refractivity contribution < 1.29 is 37.0 Å². The van der Waals surface area contributed by atoms with Crippen molar-refractivity contribution in [1.82, 2.24) is 9.13 Å². The molecular weight excluding hydrogens is 667 g/mol. The molecule has 0 radical (unpaired) electrons. The number of anilines is 3. The molecule has 0 fully saturated rings. The Bertz CT molecular complexity index is 4640. The summed E-state index contributed by atoms with van der Waals surface area (Å²) in [5.41, 5.74) is -3.49. The number of para-hydroxylation sites is 4. The van der Waals surface area contributed by atoms with Crippen molar-refractivity contribution in [3.05, 3.63) is 212 Å². The maximum atomic E-state index is 10.0. The topological polar surface area (TPSA) is 13.1 Å². The van der Waals surface area contributed by atoms with Gasteiger partial charge in [-0.05, 0) is 89.2 Å². The summed E-state index contributed by atoms with van der Waals surface area (Å²) < 4.78 is 243. The van der Waals surface area contributed by atoms with Gasteiger partial charge in [0.25, 0.3) is 0 Å². The lowest BCUT2D eigenvalue weighted by atomic mass is 10.00. The van der Waals surface area contributed by atoms with Crippen molar-refractivity contribution >= 4 is 71.4 Å². The van der Waals surface area contributed by atoms with E-state index in [9.17, 15) is 6.85 Å². The summed E-state index contributed by atoms with van der Waals surface area (Å²) in [4.78, 5) is 1.22. The maximum absolute atomic E-state index is 10.0. The second kappa shape index (κ2) is 12.6. The molecule has 3 nitrogen and oxygen atoms in total. The van der Waals surface area contributed by atoms with Crippen LogP contribution >= 0.6 is 0 Å². The van der Waals surface area contributed by atoms with Crippen LogP contribution in [0.3, 0.4) is 0 Å². The molecule has 9 aromatic carbocycles. The molecule has 0 aliphatic carbocycles. The molecule has 55 heavy (non-hydrogen) atoms. The Morgan fingerprint density at radius 2 is 0.964 bits per heavy atom. The van der Waals surface area contributed by atoms with Gasteiger partial charge in [0.1, 0.15) is 0 Å². The third-order valence-electron chi connectivity index (χ3n) is 9.22. The Balaban J connectivity index is 1.35. The van der Waals surface area contributed by atoms with E-state index in [-0.39, 0.29) is 71.7 Å². The van der Waals surface area contributed by atoms with E-state index in [0.29, 0.717) is 0 Å². The third-order valence-corrected chi connectivity index (χ3v) is 9.22. The molecule has 258 valence electrons. The lowest BCUT2D eigenvalue weighted by Gasteiger charge is -2.28. The van der Waals surface area contributed by atoms with Crippen LogP contribution in [0.4, 0.5) is 17.1 Å². The van der Waals surface area contributed by atoms with Crippen LogP contribution in [-0.2, 0) is 0 Å². The first-order chi connectivity index (χ1) is 38.5. The molecule has 0 spiro atoms. The SMILES string of the molecule is [2H]c1cc2c3c(N(c4cc([2H])c(-c5c([2H])c([2H])c([2H])c([2H])c5[2H])c([2H])c4)c4ccc(-n5c6c([2H])c([2H])c([2H])c([2H])c6c6c([2H])c([2H])c([2H])c([2H])c65)cc4[2H])c4cc([2H])c([2H])c([2H])c4c([2H])c3n(-c3c([2H])c([2H])c([2H])c([2H])c3[2H])c2cc1[2H]. The fourth-order valence-corrected chi connectivity index (χ4v) is 6.96. The van der Waals surface area contributed by atoms with Crippen molar-refractivity contribution in [2.45, 2.75) is 0 Å². The first kappa shape index (κ1) is 14.5. The highest BCUT2D eigenvalue weighted by Gasteiger charge is 2.24. The molecule has 0 bridgehead atoms. The zero-order valence-corrected chi connectivity index (χ0v) is 28.0. The van der Waals surface area contributed by atoms with Gasteiger partial charge in [-0.1, -0.05) is 139 Å². The molecule has 0 atom stereocenters. The van der Waals surface area contributed by atoms with Crippen molar-refractivity contribution in [2.75, 3.05) is 4.90 Å². The van der Waals surface area contributed by atoms with E-state index in [4.69, 9.17) is 30.2 Å². The van der Waals surface area contributed by atoms with Crippen LogP contribution in [0.5, 0.6) is 0 Å². The fourth-order valence-electron chi connectivity index (χ4n) is 6.96. The standard InChI is InChI=1S/C52H35N3/c1-3-15-36(16-4-1)37-27-29-40(30-28-37)53(41-31-33-42(34-32-41)54-47-24-12-9-21-44(47)45-22-10-13-25-48(45)54)52-43-20-8-7-17-38(43)35-50-51(52)46-23-11-14-26-49(46)55(50)39-18-5-2-6-19-39/h1-35H/i1D,2D,3D,4D,5D,6D,7D,8D,9D,10D,11D,12D,13D,14D,15D,16D,17D,18D,19D,21D,22D,24D,25D,27D,28D,31D,35D. The Kier molecular flexibility index (Phi) is 3.33. The minimum Gasteiger partial charge on any atom is -0.309 e. The molecule has 0 unspecified atom stereocenters. The van der Waals surface area contributed by atoms with Gasteiger partial charge < -0.3 is 14.0 Å². The lowest BCUT2D eigenvalue weighted by molar-refractivity contribution is 1.17. The van der Waals surface area contributed by atoms with Crippen LogP contribution in [0.25, 0.3) is 76.9 Å². The van der Waals surface area contributed by atoms with Gasteiger partial charge in [0.05, 0.1) is 64.8 Å². The van der Waals surface area contributed by atoms with E-state index >= 15 is 0 Å². The van der Waals surface area contributed by atoms with Crippen molar-refractivity contribution in [3.63, 3.8) is 0 Å². The van der Waals surface area contributed by atoms with Crippen molar-refractivity contribution in [2.24, 2.45) is 0 Å². The number of hydrogen-bond donors (Lipinski definition) is 0. The first-order valence-corrected chi connectivity index (χ1v) is 16.6. The van der Waals surface area contributed by atoms with Gasteiger partial charge in [0.2, 0.25) is 0 Å². The zero-order chi connectivity index (χ0) is 59.8. The van der Waals surface area contributed by atoms with E-state index in [2.05, 4.69) is 0 Å². The summed E-state index contributed by atoms with van der Waals surface area (Å²) in [5, 5.41) is -1.38. The van der Waals surface area contributed by atoms with E-state index in [0.717, 1.165) is 39.5 Å². The summed E-state index contributed by atoms with van der Waals surface area (Å²) in [6.07, 6.45) is 0. The average Bonchev–Trinajstić information content (AvgIpc) is 1.66. The smallest absolute Gasteiger partial charge is 0.0652 e. The number of fused-ring (bicyclic) bond motifs is 7. The first-order valence-electron chi connectivity index (χ1n) is 30.1. The monoisotopic (exact) mass is 728 g/mol. The van der Waals surface area contributed by atoms with Crippen LogP contribution in [0, 0.1) is 0 Å². The zero-order valence-electron chi connectivity index (χ0n) is 55.0. The van der Waals surface area contributed by atoms with Crippen LogP contribution in [-0.4, -0.2) is 9.13 Å². The molecule has 0 amide bonds. The van der Waals surface area contributed by atoms with Gasteiger partial charge in [-0.25, -0.2) is 0 Å². The maximum Gasteiger partial charge on any atom is 0.0652 e. The summed E-state index contributed by atoms with van der Waals surface area (Å²) >= 11 is 0. The number of benzene rings is 9. The van der Waals surface area contributed by atoms with E-state index in [1.165, 1.54) is 23.1 Å². The van der Waals surface area contributed by atoms with Gasteiger partial charge in [0, 0.05) is 49.7 Å². The van der Waals surface area contributed by atoms with Gasteiger partial charge in [-0.15, -0.1) is 0 Å². The van der Waals surface area contributed by atoms with Gasteiger partial charge in [-0.3, -0.25) is 0 Å². The molecule has 0 aliphatic heterocycles.